The molecule has 116 valence electrons. The first-order valence-corrected chi connectivity index (χ1v) is 7.40. The lowest BCUT2D eigenvalue weighted by atomic mass is 10.1. The molecule has 6 heteroatoms. The van der Waals surface area contributed by atoms with Gasteiger partial charge in [0.2, 0.25) is 0 Å². The molecule has 0 bridgehead atoms. The topological polar surface area (TPSA) is 78.0 Å². The minimum Gasteiger partial charge on any atom is -0.396 e. The summed E-state index contributed by atoms with van der Waals surface area (Å²) in [5.41, 5.74) is 1.69. The molecule has 3 rings (SSSR count). The fourth-order valence-electron chi connectivity index (χ4n) is 2.60. The number of rotatable bonds is 6. The average Bonchev–Trinajstić information content (AvgIpc) is 3.24. The molecule has 1 aliphatic carbocycles. The predicted octanol–water partition coefficient (Wildman–Crippen LogP) is 2.11. The van der Waals surface area contributed by atoms with Gasteiger partial charge in [0.05, 0.1) is 17.5 Å². The zero-order chi connectivity index (χ0) is 15.5. The highest BCUT2D eigenvalue weighted by Crippen LogP contribution is 2.34. The van der Waals surface area contributed by atoms with Crippen molar-refractivity contribution in [1.29, 1.82) is 0 Å². The molecule has 0 spiro atoms. The Morgan fingerprint density at radius 1 is 1.41 bits per heavy atom. The molecule has 1 unspecified atom stereocenters. The van der Waals surface area contributed by atoms with Crippen molar-refractivity contribution in [2.24, 2.45) is 5.92 Å². The number of carbonyl (C=O) groups excluding carboxylic acids is 1. The number of nitrogens with one attached hydrogen (secondary N) is 2. The lowest BCUT2D eigenvalue weighted by Crippen LogP contribution is -2.37. The van der Waals surface area contributed by atoms with Crippen LogP contribution in [-0.4, -0.2) is 33.9 Å². The maximum absolute atomic E-state index is 13.0. The Balaban J connectivity index is 1.78. The molecule has 1 aliphatic rings. The number of nitrogens with zero attached hydrogens (tertiary/aromatic N) is 1. The number of halogens is 1. The molecular weight excluding hydrogens is 285 g/mol. The van der Waals surface area contributed by atoms with Crippen LogP contribution in [0, 0.1) is 11.7 Å². The Bertz CT molecular complexity index is 650. The van der Waals surface area contributed by atoms with Gasteiger partial charge in [-0.05, 0) is 49.4 Å². The number of carbonyl (C=O) groups is 1. The van der Waals surface area contributed by atoms with Crippen LogP contribution in [0.4, 0.5) is 4.39 Å². The average molecular weight is 303 g/mol. The SMILES string of the molecule is O=C(NC(CCO)C1CC1)c1cn[nH]c1-c1ccc(F)cc1. The summed E-state index contributed by atoms with van der Waals surface area (Å²) >= 11 is 0. The first-order chi connectivity index (χ1) is 10.7. The summed E-state index contributed by atoms with van der Waals surface area (Å²) in [6.45, 7) is 0.0532. The molecule has 3 N–H and O–H groups in total. The molecule has 1 atom stereocenters. The maximum Gasteiger partial charge on any atom is 0.255 e. The summed E-state index contributed by atoms with van der Waals surface area (Å²) < 4.78 is 13.0. The Hall–Kier alpha value is -2.21. The number of aromatic nitrogens is 2. The van der Waals surface area contributed by atoms with Gasteiger partial charge < -0.3 is 10.4 Å². The van der Waals surface area contributed by atoms with Gasteiger partial charge in [0.15, 0.2) is 0 Å². The van der Waals surface area contributed by atoms with Gasteiger partial charge in [-0.15, -0.1) is 0 Å². The van der Waals surface area contributed by atoms with E-state index in [0.29, 0.717) is 29.2 Å². The van der Waals surface area contributed by atoms with E-state index in [9.17, 15) is 9.18 Å². The van der Waals surface area contributed by atoms with Crippen molar-refractivity contribution in [2.45, 2.75) is 25.3 Å². The number of aliphatic hydroxyl groups excluding tert-OH is 1. The third-order valence-corrected chi connectivity index (χ3v) is 3.96. The van der Waals surface area contributed by atoms with Crippen LogP contribution in [0.3, 0.4) is 0 Å². The number of amides is 1. The molecule has 0 radical (unpaired) electrons. The van der Waals surface area contributed by atoms with Gasteiger partial charge in [-0.3, -0.25) is 9.89 Å². The summed E-state index contributed by atoms with van der Waals surface area (Å²) in [6.07, 6.45) is 4.19. The number of H-pyrrole nitrogens is 1. The molecule has 0 saturated heterocycles. The minimum absolute atomic E-state index is 0.00605. The molecule has 1 amide bonds. The monoisotopic (exact) mass is 303 g/mol. The Morgan fingerprint density at radius 2 is 2.14 bits per heavy atom. The van der Waals surface area contributed by atoms with Gasteiger partial charge in [0, 0.05) is 18.2 Å². The summed E-state index contributed by atoms with van der Waals surface area (Å²) in [7, 11) is 0. The zero-order valence-electron chi connectivity index (χ0n) is 12.1. The third kappa shape index (κ3) is 3.17. The number of aromatic amines is 1. The van der Waals surface area contributed by atoms with Crippen molar-refractivity contribution in [1.82, 2.24) is 15.5 Å². The van der Waals surface area contributed by atoms with Crippen LogP contribution in [0.15, 0.2) is 30.5 Å². The van der Waals surface area contributed by atoms with Crippen molar-refractivity contribution < 1.29 is 14.3 Å². The van der Waals surface area contributed by atoms with Crippen molar-refractivity contribution in [3.63, 3.8) is 0 Å². The lowest BCUT2D eigenvalue weighted by Gasteiger charge is -2.17. The molecule has 0 aliphatic heterocycles. The van der Waals surface area contributed by atoms with E-state index in [2.05, 4.69) is 15.5 Å². The summed E-state index contributed by atoms with van der Waals surface area (Å²) in [6, 6.07) is 5.89. The van der Waals surface area contributed by atoms with Crippen LogP contribution < -0.4 is 5.32 Å². The van der Waals surface area contributed by atoms with E-state index in [-0.39, 0.29) is 24.4 Å². The Labute approximate surface area is 127 Å². The van der Waals surface area contributed by atoms with Crippen LogP contribution in [0.1, 0.15) is 29.6 Å². The Morgan fingerprint density at radius 3 is 2.77 bits per heavy atom. The van der Waals surface area contributed by atoms with E-state index in [1.165, 1.54) is 18.3 Å². The number of benzene rings is 1. The van der Waals surface area contributed by atoms with Gasteiger partial charge in [-0.1, -0.05) is 0 Å². The first kappa shape index (κ1) is 14.7. The first-order valence-electron chi connectivity index (χ1n) is 7.40. The van der Waals surface area contributed by atoms with E-state index >= 15 is 0 Å². The molecule has 22 heavy (non-hydrogen) atoms. The predicted molar refractivity (Wildman–Crippen MR) is 79.7 cm³/mol. The fourth-order valence-corrected chi connectivity index (χ4v) is 2.60. The third-order valence-electron chi connectivity index (χ3n) is 3.96. The second-order valence-electron chi connectivity index (χ2n) is 5.60. The number of hydrogen-bond donors (Lipinski definition) is 3. The standard InChI is InChI=1S/C16H18FN3O2/c17-12-5-3-11(4-6-12)15-13(9-18-20-15)16(22)19-14(7-8-21)10-1-2-10/h3-6,9-10,14,21H,1-2,7-8H2,(H,18,20)(H,19,22). The largest absolute Gasteiger partial charge is 0.396 e. The smallest absolute Gasteiger partial charge is 0.255 e. The summed E-state index contributed by atoms with van der Waals surface area (Å²) in [5, 5.41) is 18.8. The maximum atomic E-state index is 13.0. The van der Waals surface area contributed by atoms with Gasteiger partial charge in [0.25, 0.3) is 5.91 Å². The molecular formula is C16H18FN3O2. The highest BCUT2D eigenvalue weighted by atomic mass is 19.1. The highest BCUT2D eigenvalue weighted by molar-refractivity contribution is 5.99. The Kier molecular flexibility index (Phi) is 4.20. The molecule has 2 aromatic rings. The van der Waals surface area contributed by atoms with Crippen molar-refractivity contribution in [2.75, 3.05) is 6.61 Å². The summed E-state index contributed by atoms with van der Waals surface area (Å²) in [4.78, 5) is 12.5. The van der Waals surface area contributed by atoms with E-state index in [0.717, 1.165) is 12.8 Å². The molecule has 1 aromatic heterocycles. The van der Waals surface area contributed by atoms with Crippen LogP contribution in [0.5, 0.6) is 0 Å². The molecule has 1 fully saturated rings. The van der Waals surface area contributed by atoms with Crippen LogP contribution in [-0.2, 0) is 0 Å². The quantitative estimate of drug-likeness (QED) is 0.765. The summed E-state index contributed by atoms with van der Waals surface area (Å²) in [5.74, 6) is -0.0956. The van der Waals surface area contributed by atoms with Crippen molar-refractivity contribution in [3.8, 4) is 11.3 Å². The van der Waals surface area contributed by atoms with Gasteiger partial charge in [0.1, 0.15) is 5.82 Å². The number of hydrogen-bond acceptors (Lipinski definition) is 3. The highest BCUT2D eigenvalue weighted by Gasteiger charge is 2.32. The van der Waals surface area contributed by atoms with Gasteiger partial charge >= 0.3 is 0 Å². The van der Waals surface area contributed by atoms with Gasteiger partial charge in [-0.25, -0.2) is 4.39 Å². The van der Waals surface area contributed by atoms with E-state index in [1.807, 2.05) is 0 Å². The minimum atomic E-state index is -0.328. The zero-order valence-corrected chi connectivity index (χ0v) is 12.1. The normalized spacial score (nSPS) is 15.5. The number of aliphatic hydroxyl groups is 1. The fraction of sp³-hybridized carbons (Fsp3) is 0.375. The van der Waals surface area contributed by atoms with Gasteiger partial charge in [-0.2, -0.15) is 5.10 Å². The van der Waals surface area contributed by atoms with Crippen LogP contribution >= 0.6 is 0 Å². The van der Waals surface area contributed by atoms with Crippen molar-refractivity contribution in [3.05, 3.63) is 41.8 Å². The van der Waals surface area contributed by atoms with Crippen molar-refractivity contribution >= 4 is 5.91 Å². The van der Waals surface area contributed by atoms with Crippen LogP contribution in [0.2, 0.25) is 0 Å². The lowest BCUT2D eigenvalue weighted by molar-refractivity contribution is 0.0925. The molecule has 1 saturated carbocycles. The molecule has 1 aromatic carbocycles. The second-order valence-corrected chi connectivity index (χ2v) is 5.60. The van der Waals surface area contributed by atoms with E-state index in [4.69, 9.17) is 5.11 Å². The molecule has 1 heterocycles. The van der Waals surface area contributed by atoms with E-state index < -0.39 is 0 Å². The van der Waals surface area contributed by atoms with Crippen LogP contribution in [0.25, 0.3) is 11.3 Å². The van der Waals surface area contributed by atoms with E-state index in [1.54, 1.807) is 12.1 Å². The molecule has 5 nitrogen and oxygen atoms in total. The second kappa shape index (κ2) is 6.27.